The van der Waals surface area contributed by atoms with Crippen LogP contribution in [0.3, 0.4) is 0 Å². The van der Waals surface area contributed by atoms with Crippen LogP contribution >= 0.6 is 0 Å². The molecule has 0 aromatic carbocycles. The van der Waals surface area contributed by atoms with Gasteiger partial charge in [-0.2, -0.15) is 5.26 Å². The van der Waals surface area contributed by atoms with Crippen molar-refractivity contribution in [2.75, 3.05) is 37.8 Å². The summed E-state index contributed by atoms with van der Waals surface area (Å²) in [5.41, 5.74) is 6.73. The first-order valence-electron chi connectivity index (χ1n) is 4.71. The van der Waals surface area contributed by atoms with E-state index in [1.165, 1.54) is 0 Å². The van der Waals surface area contributed by atoms with E-state index in [9.17, 15) is 0 Å². The summed E-state index contributed by atoms with van der Waals surface area (Å²) in [6.07, 6.45) is 1.60. The number of nitriles is 1. The third-order valence-corrected chi connectivity index (χ3v) is 2.15. The zero-order valence-electron chi connectivity index (χ0n) is 8.99. The summed E-state index contributed by atoms with van der Waals surface area (Å²) in [7, 11) is 3.79. The summed E-state index contributed by atoms with van der Waals surface area (Å²) >= 11 is 0. The number of nitrogens with one attached hydrogen (secondary N) is 1. The molecule has 0 saturated carbocycles. The van der Waals surface area contributed by atoms with Crippen molar-refractivity contribution >= 4 is 11.5 Å². The van der Waals surface area contributed by atoms with E-state index in [1.54, 1.807) is 12.3 Å². The molecule has 15 heavy (non-hydrogen) atoms. The number of nitrogen functional groups attached to an aromatic ring is 1. The van der Waals surface area contributed by atoms with Gasteiger partial charge in [0.1, 0.15) is 6.07 Å². The Balaban J connectivity index is 2.90. The first-order chi connectivity index (χ1) is 7.20. The van der Waals surface area contributed by atoms with Crippen molar-refractivity contribution in [3.63, 3.8) is 0 Å². The molecule has 0 saturated heterocycles. The lowest BCUT2D eigenvalue weighted by molar-refractivity contribution is 0.762. The van der Waals surface area contributed by atoms with Crippen molar-refractivity contribution in [3.05, 3.63) is 17.8 Å². The van der Waals surface area contributed by atoms with Gasteiger partial charge in [-0.1, -0.05) is 0 Å². The van der Waals surface area contributed by atoms with Crippen LogP contribution in [0.1, 0.15) is 5.56 Å². The number of hydrogen-bond acceptors (Lipinski definition) is 5. The van der Waals surface area contributed by atoms with Crippen molar-refractivity contribution in [2.45, 2.75) is 0 Å². The Kier molecular flexibility index (Phi) is 3.89. The fourth-order valence-corrected chi connectivity index (χ4v) is 1.25. The SMILES string of the molecule is CNCCN(C)c1nccc(C#N)c1N. The van der Waals surface area contributed by atoms with Crippen LogP contribution < -0.4 is 16.0 Å². The van der Waals surface area contributed by atoms with Crippen LogP contribution in [0.4, 0.5) is 11.5 Å². The first-order valence-corrected chi connectivity index (χ1v) is 4.71. The van der Waals surface area contributed by atoms with Gasteiger partial charge >= 0.3 is 0 Å². The molecule has 1 rings (SSSR count). The molecular formula is C10H15N5. The van der Waals surface area contributed by atoms with Crippen LogP contribution in [0.15, 0.2) is 12.3 Å². The number of rotatable bonds is 4. The van der Waals surface area contributed by atoms with Crippen LogP contribution in [-0.2, 0) is 0 Å². The Labute approximate surface area is 89.5 Å². The van der Waals surface area contributed by atoms with E-state index in [0.717, 1.165) is 13.1 Å². The smallest absolute Gasteiger partial charge is 0.152 e. The Hall–Kier alpha value is -1.80. The molecule has 0 atom stereocenters. The van der Waals surface area contributed by atoms with Crippen molar-refractivity contribution in [3.8, 4) is 6.07 Å². The van der Waals surface area contributed by atoms with Gasteiger partial charge in [0.2, 0.25) is 0 Å². The number of likely N-dealkylation sites (N-methyl/N-ethyl adjacent to an activating group) is 2. The third kappa shape index (κ3) is 2.58. The van der Waals surface area contributed by atoms with Gasteiger partial charge in [0.15, 0.2) is 5.82 Å². The minimum atomic E-state index is 0.443. The zero-order valence-corrected chi connectivity index (χ0v) is 8.99. The number of nitrogens with zero attached hydrogens (tertiary/aromatic N) is 3. The van der Waals surface area contributed by atoms with E-state index in [0.29, 0.717) is 17.1 Å². The molecule has 0 amide bonds. The lowest BCUT2D eigenvalue weighted by Crippen LogP contribution is -2.28. The minimum Gasteiger partial charge on any atom is -0.395 e. The molecule has 1 aromatic heterocycles. The average Bonchev–Trinajstić information content (AvgIpc) is 2.26. The molecule has 0 unspecified atom stereocenters. The highest BCUT2D eigenvalue weighted by Crippen LogP contribution is 2.21. The highest BCUT2D eigenvalue weighted by Gasteiger charge is 2.09. The van der Waals surface area contributed by atoms with E-state index >= 15 is 0 Å². The fraction of sp³-hybridized carbons (Fsp3) is 0.400. The lowest BCUT2D eigenvalue weighted by Gasteiger charge is -2.19. The van der Waals surface area contributed by atoms with Crippen molar-refractivity contribution in [1.29, 1.82) is 5.26 Å². The molecule has 0 radical (unpaired) electrons. The van der Waals surface area contributed by atoms with E-state index in [4.69, 9.17) is 11.0 Å². The van der Waals surface area contributed by atoms with Crippen LogP contribution in [0.25, 0.3) is 0 Å². The van der Waals surface area contributed by atoms with E-state index in [2.05, 4.69) is 10.3 Å². The first kappa shape index (κ1) is 11.3. The summed E-state index contributed by atoms with van der Waals surface area (Å²) in [6, 6.07) is 3.66. The molecular weight excluding hydrogens is 190 g/mol. The second-order valence-corrected chi connectivity index (χ2v) is 3.23. The lowest BCUT2D eigenvalue weighted by atomic mass is 10.2. The van der Waals surface area contributed by atoms with Crippen LogP contribution in [0, 0.1) is 11.3 Å². The molecule has 5 heteroatoms. The Morgan fingerprint density at radius 2 is 2.40 bits per heavy atom. The second kappa shape index (κ2) is 5.17. The van der Waals surface area contributed by atoms with Gasteiger partial charge in [0, 0.05) is 26.3 Å². The number of aromatic nitrogens is 1. The van der Waals surface area contributed by atoms with Gasteiger partial charge in [0.25, 0.3) is 0 Å². The standard InChI is InChI=1S/C10H15N5/c1-13-5-6-15(2)10-9(12)8(7-11)3-4-14-10/h3-4,13H,5-6,12H2,1-2H3. The largest absolute Gasteiger partial charge is 0.395 e. The van der Waals surface area contributed by atoms with Gasteiger partial charge < -0.3 is 16.0 Å². The van der Waals surface area contributed by atoms with Crippen molar-refractivity contribution in [2.24, 2.45) is 0 Å². The topological polar surface area (TPSA) is 78.0 Å². The predicted molar refractivity (Wildman–Crippen MR) is 60.6 cm³/mol. The molecule has 1 heterocycles. The van der Waals surface area contributed by atoms with Gasteiger partial charge in [-0.3, -0.25) is 0 Å². The van der Waals surface area contributed by atoms with E-state index in [-0.39, 0.29) is 0 Å². The number of nitrogens with two attached hydrogens (primary N) is 1. The Morgan fingerprint density at radius 1 is 1.67 bits per heavy atom. The average molecular weight is 205 g/mol. The minimum absolute atomic E-state index is 0.443. The molecule has 80 valence electrons. The molecule has 0 bridgehead atoms. The van der Waals surface area contributed by atoms with E-state index in [1.807, 2.05) is 25.1 Å². The maximum atomic E-state index is 8.81. The third-order valence-electron chi connectivity index (χ3n) is 2.15. The second-order valence-electron chi connectivity index (χ2n) is 3.23. The van der Waals surface area contributed by atoms with Crippen LogP contribution in [0.5, 0.6) is 0 Å². The highest BCUT2D eigenvalue weighted by atomic mass is 15.2. The maximum Gasteiger partial charge on any atom is 0.152 e. The Bertz CT molecular complexity index is 369. The number of pyridine rings is 1. The summed E-state index contributed by atoms with van der Waals surface area (Å²) in [4.78, 5) is 6.09. The van der Waals surface area contributed by atoms with Gasteiger partial charge in [-0.15, -0.1) is 0 Å². The Morgan fingerprint density at radius 3 is 3.00 bits per heavy atom. The highest BCUT2D eigenvalue weighted by molar-refractivity contribution is 5.69. The molecule has 3 N–H and O–H groups in total. The molecule has 0 aliphatic heterocycles. The van der Waals surface area contributed by atoms with Gasteiger partial charge in [-0.25, -0.2) is 4.98 Å². The van der Waals surface area contributed by atoms with E-state index < -0.39 is 0 Å². The number of hydrogen-bond donors (Lipinski definition) is 2. The van der Waals surface area contributed by atoms with Gasteiger partial charge in [-0.05, 0) is 13.1 Å². The molecule has 5 nitrogen and oxygen atoms in total. The van der Waals surface area contributed by atoms with Crippen molar-refractivity contribution in [1.82, 2.24) is 10.3 Å². The zero-order chi connectivity index (χ0) is 11.3. The summed E-state index contributed by atoms with van der Waals surface area (Å²) in [5, 5.41) is 11.9. The monoisotopic (exact) mass is 205 g/mol. The number of anilines is 2. The van der Waals surface area contributed by atoms with Crippen molar-refractivity contribution < 1.29 is 0 Å². The molecule has 0 fully saturated rings. The van der Waals surface area contributed by atoms with Crippen LogP contribution in [0.2, 0.25) is 0 Å². The normalized spacial score (nSPS) is 9.67. The predicted octanol–water partition coefficient (Wildman–Crippen LogP) is 0.191. The van der Waals surface area contributed by atoms with Crippen LogP contribution in [-0.4, -0.2) is 32.2 Å². The summed E-state index contributed by atoms with van der Waals surface area (Å²) < 4.78 is 0. The molecule has 0 aliphatic rings. The molecule has 1 aromatic rings. The summed E-state index contributed by atoms with van der Waals surface area (Å²) in [6.45, 7) is 1.64. The molecule has 0 aliphatic carbocycles. The maximum absolute atomic E-state index is 8.81. The quantitative estimate of drug-likeness (QED) is 0.733. The summed E-state index contributed by atoms with van der Waals surface area (Å²) in [5.74, 6) is 0.657. The fourth-order valence-electron chi connectivity index (χ4n) is 1.25. The molecule has 0 spiro atoms. The van der Waals surface area contributed by atoms with Gasteiger partial charge in [0.05, 0.1) is 11.3 Å².